The number of carbonyl (C=O) groups excluding carboxylic acids is 3. The fourth-order valence-electron chi connectivity index (χ4n) is 7.11. The van der Waals surface area contributed by atoms with Gasteiger partial charge in [0.1, 0.15) is 12.2 Å². The summed E-state index contributed by atoms with van der Waals surface area (Å²) in [5.41, 5.74) is 5.06. The van der Waals surface area contributed by atoms with Gasteiger partial charge in [0, 0.05) is 60.4 Å². The minimum atomic E-state index is -1.34. The average Bonchev–Trinajstić information content (AvgIpc) is 3.29. The van der Waals surface area contributed by atoms with Crippen LogP contribution in [0.25, 0.3) is 0 Å². The number of aliphatic hydroxyl groups excluding tert-OH is 2. The third kappa shape index (κ3) is 9.15. The van der Waals surface area contributed by atoms with E-state index in [1.165, 1.54) is 0 Å². The Kier molecular flexibility index (Phi) is 11.8. The molecule has 0 spiro atoms. The van der Waals surface area contributed by atoms with E-state index in [1.54, 1.807) is 95.3 Å². The van der Waals surface area contributed by atoms with Gasteiger partial charge in [-0.05, 0) is 83.6 Å². The lowest BCUT2D eigenvalue weighted by Crippen LogP contribution is -2.50. The van der Waals surface area contributed by atoms with E-state index in [9.17, 15) is 19.8 Å². The molecule has 7 rings (SSSR count). The minimum Gasteiger partial charge on any atom is -0.388 e. The number of amides is 4. The molecule has 0 unspecified atom stereocenters. The molecule has 6 aromatic rings. The highest BCUT2D eigenvalue weighted by molar-refractivity contribution is 6.05. The first-order chi connectivity index (χ1) is 27.3. The monoisotopic (exact) mass is 746 g/mol. The molecular weight excluding hydrogens is 705 g/mol. The molecule has 1 aliphatic rings. The Morgan fingerprint density at radius 3 is 1.29 bits per heavy atom. The van der Waals surface area contributed by atoms with Gasteiger partial charge in [0.25, 0.3) is 11.8 Å². The van der Waals surface area contributed by atoms with Crippen molar-refractivity contribution >= 4 is 29.2 Å². The Labute approximate surface area is 325 Å². The van der Waals surface area contributed by atoms with Gasteiger partial charge < -0.3 is 30.6 Å². The molecule has 3 heterocycles. The number of nitrogens with one attached hydrogen (secondary N) is 2. The number of hydrogen-bond acceptors (Lipinski definition) is 7. The molecule has 11 nitrogen and oxygen atoms in total. The lowest BCUT2D eigenvalue weighted by molar-refractivity contribution is -0.0408. The van der Waals surface area contributed by atoms with Crippen LogP contribution in [0.2, 0.25) is 0 Å². The Balaban J connectivity index is 1.25. The average molecular weight is 747 g/mol. The second-order valence-electron chi connectivity index (χ2n) is 13.8. The molecule has 0 radical (unpaired) electrons. The van der Waals surface area contributed by atoms with Crippen molar-refractivity contribution in [1.82, 2.24) is 19.8 Å². The zero-order chi connectivity index (χ0) is 38.9. The van der Waals surface area contributed by atoms with E-state index in [2.05, 4.69) is 20.6 Å². The highest BCUT2D eigenvalue weighted by Gasteiger charge is 2.46. The largest absolute Gasteiger partial charge is 0.388 e. The second kappa shape index (κ2) is 17.6. The molecule has 1 fully saturated rings. The molecule has 4 atom stereocenters. The van der Waals surface area contributed by atoms with Crippen LogP contribution in [0.4, 0.5) is 16.2 Å². The van der Waals surface area contributed by atoms with Crippen LogP contribution in [0, 0.1) is 0 Å². The second-order valence-corrected chi connectivity index (χ2v) is 13.8. The van der Waals surface area contributed by atoms with Crippen LogP contribution in [0.3, 0.4) is 0 Å². The molecule has 0 aliphatic carbocycles. The summed E-state index contributed by atoms with van der Waals surface area (Å²) in [6.45, 7) is 0.0822. The first kappa shape index (κ1) is 37.6. The number of urea groups is 1. The first-order valence-electron chi connectivity index (χ1n) is 18.4. The quantitative estimate of drug-likeness (QED) is 0.114. The summed E-state index contributed by atoms with van der Waals surface area (Å²) in [4.78, 5) is 53.0. The predicted octanol–water partition coefficient (Wildman–Crippen LogP) is 6.36. The first-order valence-corrected chi connectivity index (χ1v) is 18.4. The number of benzene rings is 4. The zero-order valence-electron chi connectivity index (χ0n) is 30.6. The zero-order valence-corrected chi connectivity index (χ0v) is 30.6. The summed E-state index contributed by atoms with van der Waals surface area (Å²) in [6, 6.07) is 37.9. The van der Waals surface area contributed by atoms with Crippen molar-refractivity contribution in [3.8, 4) is 0 Å². The SMILES string of the molecule is O=C(Nc1ccncc1)c1cccc(CN2C(=O)N(Cc3cccc(C(=O)Nc4ccncc4)c3)[C@H](Cc3ccccc3)[C@H](O)[C@@H](O)[C@H]2Cc2ccccc2)c1. The number of carbonyl (C=O) groups is 3. The van der Waals surface area contributed by atoms with Crippen molar-refractivity contribution in [3.63, 3.8) is 0 Å². The lowest BCUT2D eigenvalue weighted by atomic mass is 9.90. The molecule has 4 amide bonds. The molecule has 11 heteroatoms. The summed E-state index contributed by atoms with van der Waals surface area (Å²) < 4.78 is 0. The Bertz CT molecular complexity index is 2090. The van der Waals surface area contributed by atoms with Crippen LogP contribution >= 0.6 is 0 Å². The smallest absolute Gasteiger partial charge is 0.321 e. The lowest BCUT2D eigenvalue weighted by Gasteiger charge is -2.36. The third-order valence-electron chi connectivity index (χ3n) is 9.97. The van der Waals surface area contributed by atoms with Gasteiger partial charge in [-0.1, -0.05) is 84.9 Å². The molecule has 1 saturated heterocycles. The normalized spacial score (nSPS) is 18.2. The van der Waals surface area contributed by atoms with Crippen LogP contribution in [0.15, 0.2) is 158 Å². The molecule has 56 heavy (non-hydrogen) atoms. The van der Waals surface area contributed by atoms with Gasteiger partial charge in [-0.25, -0.2) is 4.79 Å². The van der Waals surface area contributed by atoms with Gasteiger partial charge in [0.05, 0.1) is 12.1 Å². The van der Waals surface area contributed by atoms with Gasteiger partial charge in [-0.15, -0.1) is 0 Å². The fourth-order valence-corrected chi connectivity index (χ4v) is 7.11. The van der Waals surface area contributed by atoms with Crippen molar-refractivity contribution in [2.45, 2.75) is 50.2 Å². The fraction of sp³-hybridized carbons (Fsp3) is 0.178. The highest BCUT2D eigenvalue weighted by atomic mass is 16.3. The van der Waals surface area contributed by atoms with Crippen LogP contribution in [-0.2, 0) is 25.9 Å². The van der Waals surface area contributed by atoms with E-state index >= 15 is 4.79 Å². The van der Waals surface area contributed by atoms with Gasteiger partial charge in [0.2, 0.25) is 0 Å². The van der Waals surface area contributed by atoms with E-state index in [-0.39, 0.29) is 37.7 Å². The molecular formula is C45H42N6O5. The van der Waals surface area contributed by atoms with Crippen LogP contribution in [0.5, 0.6) is 0 Å². The number of aliphatic hydroxyl groups is 2. The summed E-state index contributed by atoms with van der Waals surface area (Å²) >= 11 is 0. The van der Waals surface area contributed by atoms with Crippen molar-refractivity contribution < 1.29 is 24.6 Å². The molecule has 4 N–H and O–H groups in total. The number of hydrogen-bond donors (Lipinski definition) is 4. The summed E-state index contributed by atoms with van der Waals surface area (Å²) in [5, 5.41) is 30.0. The number of pyridine rings is 2. The van der Waals surface area contributed by atoms with Gasteiger partial charge in [0.15, 0.2) is 0 Å². The van der Waals surface area contributed by atoms with Gasteiger partial charge >= 0.3 is 6.03 Å². The van der Waals surface area contributed by atoms with E-state index in [0.29, 0.717) is 33.6 Å². The number of nitrogens with zero attached hydrogens (tertiary/aromatic N) is 4. The Morgan fingerprint density at radius 2 is 0.893 bits per heavy atom. The van der Waals surface area contributed by atoms with Gasteiger partial charge in [-0.3, -0.25) is 19.6 Å². The minimum absolute atomic E-state index is 0.0411. The molecule has 2 aromatic heterocycles. The summed E-state index contributed by atoms with van der Waals surface area (Å²) in [5.74, 6) is -0.650. The van der Waals surface area contributed by atoms with Crippen molar-refractivity contribution in [3.05, 3.63) is 192 Å². The molecule has 1 aliphatic heterocycles. The van der Waals surface area contributed by atoms with Crippen molar-refractivity contribution in [2.75, 3.05) is 10.6 Å². The molecule has 4 aromatic carbocycles. The van der Waals surface area contributed by atoms with E-state index in [0.717, 1.165) is 11.1 Å². The maximum absolute atomic E-state index is 15.2. The standard InChI is InChI=1S/C45H42N6O5/c52-41-39(27-31-9-3-1-4-10-31)50(29-33-13-7-15-35(25-33)43(54)48-37-17-21-46-22-18-37)45(56)51(40(42(41)53)28-32-11-5-2-6-12-32)30-34-14-8-16-36(26-34)44(55)49-38-19-23-47-24-20-38/h1-26,39-42,52-53H,27-30H2,(H,46,48,54)(H,47,49,55)/t39-,40-,41+,42+/m1/s1. The Hall–Kier alpha value is -6.69. The van der Waals surface area contributed by atoms with Crippen LogP contribution < -0.4 is 10.6 Å². The summed E-state index contributed by atoms with van der Waals surface area (Å²) in [7, 11) is 0. The molecule has 0 bridgehead atoms. The summed E-state index contributed by atoms with van der Waals surface area (Å²) in [6.07, 6.45) is 4.22. The van der Waals surface area contributed by atoms with E-state index in [4.69, 9.17) is 0 Å². The third-order valence-corrected chi connectivity index (χ3v) is 9.97. The maximum Gasteiger partial charge on any atom is 0.321 e. The van der Waals surface area contributed by atoms with Crippen LogP contribution in [-0.4, -0.2) is 72.1 Å². The number of anilines is 2. The topological polar surface area (TPSA) is 148 Å². The van der Waals surface area contributed by atoms with Crippen LogP contribution in [0.1, 0.15) is 43.0 Å². The van der Waals surface area contributed by atoms with E-state index < -0.39 is 30.3 Å². The molecule has 282 valence electrons. The van der Waals surface area contributed by atoms with Gasteiger partial charge in [-0.2, -0.15) is 0 Å². The molecule has 0 saturated carbocycles. The highest BCUT2D eigenvalue weighted by Crippen LogP contribution is 2.30. The predicted molar refractivity (Wildman–Crippen MR) is 214 cm³/mol. The van der Waals surface area contributed by atoms with Crippen molar-refractivity contribution in [1.29, 1.82) is 0 Å². The number of aromatic nitrogens is 2. The van der Waals surface area contributed by atoms with E-state index in [1.807, 2.05) is 72.8 Å². The maximum atomic E-state index is 15.2. The van der Waals surface area contributed by atoms with Crippen molar-refractivity contribution in [2.24, 2.45) is 0 Å². The number of rotatable bonds is 12. The Morgan fingerprint density at radius 1 is 0.518 bits per heavy atom.